The number of para-hydroxylation sites is 1. The molecule has 0 unspecified atom stereocenters. The van der Waals surface area contributed by atoms with Gasteiger partial charge in [0.25, 0.3) is 16.8 Å². The number of hydrogen-bond acceptors (Lipinski definition) is 8. The Hall–Kier alpha value is -3.66. The van der Waals surface area contributed by atoms with E-state index < -0.39 is 28.6 Å². The van der Waals surface area contributed by atoms with Crippen molar-refractivity contribution in [1.29, 1.82) is 0 Å². The van der Waals surface area contributed by atoms with Gasteiger partial charge in [0.1, 0.15) is 18.9 Å². The summed E-state index contributed by atoms with van der Waals surface area (Å²) in [7, 11) is 0. The smallest absolute Gasteiger partial charge is 0.326 e. The molecule has 2 aromatic carbocycles. The predicted octanol–water partition coefficient (Wildman–Crippen LogP) is 4.16. The van der Waals surface area contributed by atoms with Crippen molar-refractivity contribution in [3.05, 3.63) is 74.7 Å². The summed E-state index contributed by atoms with van der Waals surface area (Å²) in [5, 5.41) is 10.4. The number of esters is 1. The Morgan fingerprint density at radius 1 is 1.19 bits per heavy atom. The van der Waals surface area contributed by atoms with Crippen LogP contribution in [0.3, 0.4) is 0 Å². The van der Waals surface area contributed by atoms with Crippen LogP contribution in [0.15, 0.2) is 53.4 Å². The summed E-state index contributed by atoms with van der Waals surface area (Å²) in [6.45, 7) is 2.98. The molecule has 1 saturated heterocycles. The number of ether oxygens (including phenoxy) is 2. The molecule has 2 aromatic rings. The Bertz CT molecular complexity index is 1100. The van der Waals surface area contributed by atoms with Crippen LogP contribution >= 0.6 is 11.8 Å². The molecule has 0 bridgehead atoms. The number of imide groups is 1. The molecule has 0 saturated carbocycles. The zero-order valence-electron chi connectivity index (χ0n) is 17.3. The molecule has 32 heavy (non-hydrogen) atoms. The van der Waals surface area contributed by atoms with E-state index in [0.29, 0.717) is 16.9 Å². The Labute approximate surface area is 188 Å². The molecule has 0 aromatic heterocycles. The fourth-order valence-electron chi connectivity index (χ4n) is 2.86. The van der Waals surface area contributed by atoms with Gasteiger partial charge < -0.3 is 9.47 Å². The molecular weight excluding hydrogens is 436 g/mol. The number of nitro groups is 1. The van der Waals surface area contributed by atoms with E-state index in [2.05, 4.69) is 0 Å². The molecule has 10 heteroatoms. The van der Waals surface area contributed by atoms with Crippen molar-refractivity contribution >= 4 is 40.6 Å². The number of nitrogens with zero attached hydrogens (tertiary/aromatic N) is 2. The van der Waals surface area contributed by atoms with E-state index in [1.54, 1.807) is 50.2 Å². The van der Waals surface area contributed by atoms with Crippen LogP contribution in [-0.4, -0.2) is 39.6 Å². The van der Waals surface area contributed by atoms with Gasteiger partial charge in [-0.3, -0.25) is 29.4 Å². The number of non-ortho nitro benzene ring substituents is 1. The van der Waals surface area contributed by atoms with Crippen LogP contribution in [0, 0.1) is 10.1 Å². The molecule has 0 N–H and O–H groups in total. The van der Waals surface area contributed by atoms with Crippen molar-refractivity contribution in [2.45, 2.75) is 26.6 Å². The lowest BCUT2D eigenvalue weighted by Gasteiger charge is -2.13. The number of carbonyl (C=O) groups excluding carboxylic acids is 3. The van der Waals surface area contributed by atoms with Crippen LogP contribution in [0.5, 0.6) is 5.75 Å². The van der Waals surface area contributed by atoms with Crippen molar-refractivity contribution in [3.8, 4) is 5.75 Å². The molecule has 1 aliphatic rings. The van der Waals surface area contributed by atoms with E-state index in [9.17, 15) is 24.5 Å². The van der Waals surface area contributed by atoms with Gasteiger partial charge in [0.15, 0.2) is 0 Å². The number of carbonyl (C=O) groups is 3. The van der Waals surface area contributed by atoms with Crippen LogP contribution < -0.4 is 4.74 Å². The lowest BCUT2D eigenvalue weighted by molar-refractivity contribution is -0.384. The number of hydrogen-bond donors (Lipinski definition) is 0. The molecule has 1 fully saturated rings. The number of thioether (sulfide) groups is 1. The number of nitro benzene ring substituents is 1. The summed E-state index contributed by atoms with van der Waals surface area (Å²) in [4.78, 5) is 48.2. The average Bonchev–Trinajstić information content (AvgIpc) is 3.00. The first-order chi connectivity index (χ1) is 15.2. The lowest BCUT2D eigenvalue weighted by atomic mass is 10.1. The van der Waals surface area contributed by atoms with Gasteiger partial charge in [-0.1, -0.05) is 30.3 Å². The van der Waals surface area contributed by atoms with E-state index >= 15 is 0 Å². The maximum Gasteiger partial charge on any atom is 0.326 e. The lowest BCUT2D eigenvalue weighted by Crippen LogP contribution is -2.35. The van der Waals surface area contributed by atoms with Crippen LogP contribution in [-0.2, 0) is 20.9 Å². The third-order valence-corrected chi connectivity index (χ3v) is 5.16. The first-order valence-corrected chi connectivity index (χ1v) is 10.5. The fraction of sp³-hybridized carbons (Fsp3) is 0.227. The third kappa shape index (κ3) is 5.73. The second-order valence-corrected chi connectivity index (χ2v) is 8.05. The van der Waals surface area contributed by atoms with Gasteiger partial charge in [-0.25, -0.2) is 0 Å². The topological polar surface area (TPSA) is 116 Å². The quantitative estimate of drug-likeness (QED) is 0.252. The summed E-state index contributed by atoms with van der Waals surface area (Å²) >= 11 is 0.726. The molecule has 0 radical (unpaired) electrons. The van der Waals surface area contributed by atoms with Crippen LogP contribution in [0.1, 0.15) is 25.0 Å². The standard InChI is InChI=1S/C22H20N2O7S/c1-14(2)31-20(25)12-23-21(26)19(32-22(23)27)11-16-7-3-4-9-18(16)30-13-15-6-5-8-17(10-15)24(28)29/h3-11,14H,12-13H2,1-2H3/b19-11+. The van der Waals surface area contributed by atoms with Gasteiger partial charge >= 0.3 is 5.97 Å². The molecule has 0 spiro atoms. The minimum atomic E-state index is -0.663. The molecule has 0 atom stereocenters. The molecule has 2 amide bonds. The Kier molecular flexibility index (Phi) is 7.26. The number of benzene rings is 2. The van der Waals surface area contributed by atoms with Gasteiger partial charge in [0.2, 0.25) is 0 Å². The zero-order chi connectivity index (χ0) is 23.3. The second-order valence-electron chi connectivity index (χ2n) is 7.06. The third-order valence-electron chi connectivity index (χ3n) is 4.25. The monoisotopic (exact) mass is 456 g/mol. The summed E-state index contributed by atoms with van der Waals surface area (Å²) in [5.74, 6) is -0.816. The summed E-state index contributed by atoms with van der Waals surface area (Å²) in [6.07, 6.45) is 1.16. The highest BCUT2D eigenvalue weighted by Crippen LogP contribution is 2.34. The molecule has 1 aliphatic heterocycles. The molecule has 9 nitrogen and oxygen atoms in total. The summed E-state index contributed by atoms with van der Waals surface area (Å²) in [5.41, 5.74) is 1.12. The van der Waals surface area contributed by atoms with Crippen LogP contribution in [0.25, 0.3) is 6.08 Å². The van der Waals surface area contributed by atoms with Gasteiger partial charge in [0, 0.05) is 17.7 Å². The normalized spacial score (nSPS) is 14.8. The van der Waals surface area contributed by atoms with E-state index in [1.165, 1.54) is 18.2 Å². The summed E-state index contributed by atoms with van der Waals surface area (Å²) < 4.78 is 10.8. The second kappa shape index (κ2) is 10.1. The predicted molar refractivity (Wildman–Crippen MR) is 118 cm³/mol. The maximum atomic E-state index is 12.6. The highest BCUT2D eigenvalue weighted by Gasteiger charge is 2.37. The highest BCUT2D eigenvalue weighted by molar-refractivity contribution is 8.18. The van der Waals surface area contributed by atoms with Crippen LogP contribution in [0.2, 0.25) is 0 Å². The minimum absolute atomic E-state index is 0.0379. The maximum absolute atomic E-state index is 12.6. The average molecular weight is 456 g/mol. The van der Waals surface area contributed by atoms with Gasteiger partial charge in [0.05, 0.1) is 15.9 Å². The Morgan fingerprint density at radius 3 is 2.66 bits per heavy atom. The fourth-order valence-corrected chi connectivity index (χ4v) is 3.69. The molecule has 1 heterocycles. The van der Waals surface area contributed by atoms with Gasteiger partial charge in [-0.15, -0.1) is 0 Å². The first-order valence-electron chi connectivity index (χ1n) is 9.64. The highest BCUT2D eigenvalue weighted by atomic mass is 32.2. The Balaban J connectivity index is 1.75. The molecular formula is C22H20N2O7S. The Morgan fingerprint density at radius 2 is 1.94 bits per heavy atom. The molecule has 166 valence electrons. The minimum Gasteiger partial charge on any atom is -0.488 e. The van der Waals surface area contributed by atoms with E-state index in [0.717, 1.165) is 16.7 Å². The van der Waals surface area contributed by atoms with Gasteiger partial charge in [-0.05, 0) is 43.3 Å². The molecule has 3 rings (SSSR count). The SMILES string of the molecule is CC(C)OC(=O)CN1C(=O)S/C(=C/c2ccccc2OCc2cccc([N+](=O)[O-])c2)C1=O. The largest absolute Gasteiger partial charge is 0.488 e. The van der Waals surface area contributed by atoms with E-state index in [4.69, 9.17) is 9.47 Å². The first kappa shape index (κ1) is 23.0. The van der Waals surface area contributed by atoms with Crippen molar-refractivity contribution < 1.29 is 28.8 Å². The van der Waals surface area contributed by atoms with E-state index in [-0.39, 0.29) is 23.3 Å². The number of amides is 2. The molecule has 0 aliphatic carbocycles. The van der Waals surface area contributed by atoms with Crippen molar-refractivity contribution in [3.63, 3.8) is 0 Å². The number of rotatable bonds is 8. The van der Waals surface area contributed by atoms with Crippen molar-refractivity contribution in [2.24, 2.45) is 0 Å². The van der Waals surface area contributed by atoms with Crippen molar-refractivity contribution in [2.75, 3.05) is 6.54 Å². The zero-order valence-corrected chi connectivity index (χ0v) is 18.2. The van der Waals surface area contributed by atoms with E-state index in [1.807, 2.05) is 0 Å². The van der Waals surface area contributed by atoms with Gasteiger partial charge in [-0.2, -0.15) is 0 Å². The van der Waals surface area contributed by atoms with Crippen molar-refractivity contribution in [1.82, 2.24) is 4.90 Å². The van der Waals surface area contributed by atoms with Crippen LogP contribution in [0.4, 0.5) is 10.5 Å². The summed E-state index contributed by atoms with van der Waals surface area (Å²) in [6, 6.07) is 13.0.